The normalized spacial score (nSPS) is 11.1. The van der Waals surface area contributed by atoms with Gasteiger partial charge in [0.25, 0.3) is 0 Å². The number of nitrogens with zero attached hydrogens (tertiary/aromatic N) is 3. The third-order valence-electron chi connectivity index (χ3n) is 6.00. The monoisotopic (exact) mass is 458 g/mol. The minimum atomic E-state index is 0.791. The molecule has 0 fully saturated rings. The molecule has 2 aromatic heterocycles. The molecule has 0 radical (unpaired) electrons. The van der Waals surface area contributed by atoms with E-state index in [-0.39, 0.29) is 0 Å². The molecule has 2 heterocycles. The van der Waals surface area contributed by atoms with Crippen LogP contribution < -0.4 is 14.4 Å². The van der Waals surface area contributed by atoms with E-state index in [0.717, 1.165) is 84.0 Å². The van der Waals surface area contributed by atoms with Crippen LogP contribution in [-0.4, -0.2) is 42.3 Å². The predicted molar refractivity (Wildman–Crippen MR) is 139 cm³/mol. The van der Waals surface area contributed by atoms with Crippen LogP contribution in [0.15, 0.2) is 54.7 Å². The fourth-order valence-electron chi connectivity index (χ4n) is 4.26. The third kappa shape index (κ3) is 5.50. The zero-order valence-corrected chi connectivity index (χ0v) is 20.6. The molecule has 0 spiro atoms. The van der Waals surface area contributed by atoms with Crippen molar-refractivity contribution in [2.24, 2.45) is 0 Å². The number of aromatic nitrogens is 3. The largest absolute Gasteiger partial charge is 0.497 e. The maximum atomic E-state index is 5.38. The van der Waals surface area contributed by atoms with Crippen molar-refractivity contribution in [2.45, 2.75) is 39.5 Å². The van der Waals surface area contributed by atoms with Gasteiger partial charge in [-0.05, 0) is 67.1 Å². The summed E-state index contributed by atoms with van der Waals surface area (Å²) in [6.45, 7) is 6.62. The maximum absolute atomic E-state index is 5.38. The number of nitrogens with one attached hydrogen (secondary N) is 1. The molecule has 178 valence electrons. The summed E-state index contributed by atoms with van der Waals surface area (Å²) >= 11 is 0. The standard InChI is InChI=1S/C28H34N4O2/c1-5-13-32(14-6-2)23-11-8-21(9-12-23)26-18-27-28(31-26)29-19-22(30-27)10-7-20-15-24(33-3)17-25(16-20)34-4/h8-9,11-12,15-19H,5-7,10,13-14H2,1-4H3,(H,29,31). The van der Waals surface area contributed by atoms with E-state index in [1.54, 1.807) is 14.2 Å². The van der Waals surface area contributed by atoms with Gasteiger partial charge in [-0.15, -0.1) is 0 Å². The van der Waals surface area contributed by atoms with Crippen molar-refractivity contribution >= 4 is 16.9 Å². The molecule has 4 rings (SSSR count). The van der Waals surface area contributed by atoms with Gasteiger partial charge in [0.15, 0.2) is 5.65 Å². The molecular weight excluding hydrogens is 424 g/mol. The van der Waals surface area contributed by atoms with Crippen molar-refractivity contribution < 1.29 is 9.47 Å². The molecule has 0 aliphatic carbocycles. The summed E-state index contributed by atoms with van der Waals surface area (Å²) in [5.41, 5.74) is 7.26. The first-order valence-electron chi connectivity index (χ1n) is 12.1. The Morgan fingerprint density at radius 3 is 2.15 bits per heavy atom. The zero-order valence-electron chi connectivity index (χ0n) is 20.6. The lowest BCUT2D eigenvalue weighted by atomic mass is 10.1. The lowest BCUT2D eigenvalue weighted by molar-refractivity contribution is 0.393. The molecular formula is C28H34N4O2. The first-order chi connectivity index (χ1) is 16.6. The first kappa shape index (κ1) is 23.6. The molecule has 34 heavy (non-hydrogen) atoms. The van der Waals surface area contributed by atoms with Crippen LogP contribution in [0.5, 0.6) is 11.5 Å². The second-order valence-corrected chi connectivity index (χ2v) is 8.53. The van der Waals surface area contributed by atoms with Crippen LogP contribution in [-0.2, 0) is 12.8 Å². The Labute approximate surface area is 202 Å². The first-order valence-corrected chi connectivity index (χ1v) is 12.1. The van der Waals surface area contributed by atoms with Crippen LogP contribution in [0.25, 0.3) is 22.4 Å². The summed E-state index contributed by atoms with van der Waals surface area (Å²) in [5, 5.41) is 0. The summed E-state index contributed by atoms with van der Waals surface area (Å²) in [4.78, 5) is 15.3. The number of anilines is 1. The predicted octanol–water partition coefficient (Wildman–Crippen LogP) is 6.05. The van der Waals surface area contributed by atoms with Gasteiger partial charge in [0.1, 0.15) is 17.0 Å². The molecule has 1 N–H and O–H groups in total. The number of aromatic amines is 1. The SMILES string of the molecule is CCCN(CCC)c1ccc(-c2cc3nc(CCc4cc(OC)cc(OC)c4)cnc3[nH]2)cc1. The van der Waals surface area contributed by atoms with E-state index in [2.05, 4.69) is 59.0 Å². The van der Waals surface area contributed by atoms with Crippen LogP contribution >= 0.6 is 0 Å². The van der Waals surface area contributed by atoms with Crippen molar-refractivity contribution in [1.82, 2.24) is 15.0 Å². The third-order valence-corrected chi connectivity index (χ3v) is 6.00. The second kappa shape index (κ2) is 11.1. The Balaban J connectivity index is 1.49. The lowest BCUT2D eigenvalue weighted by Gasteiger charge is -2.23. The Bertz CT molecular complexity index is 1190. The number of H-pyrrole nitrogens is 1. The Kier molecular flexibility index (Phi) is 7.68. The van der Waals surface area contributed by atoms with Gasteiger partial charge in [-0.25, -0.2) is 9.97 Å². The molecule has 0 aliphatic rings. The molecule has 6 nitrogen and oxygen atoms in total. The molecule has 0 unspecified atom stereocenters. The number of rotatable bonds is 11. The highest BCUT2D eigenvalue weighted by Crippen LogP contribution is 2.26. The van der Waals surface area contributed by atoms with Crippen molar-refractivity contribution in [2.75, 3.05) is 32.2 Å². The highest BCUT2D eigenvalue weighted by molar-refractivity contribution is 5.80. The van der Waals surface area contributed by atoms with Gasteiger partial charge in [0, 0.05) is 30.5 Å². The van der Waals surface area contributed by atoms with Gasteiger partial charge in [-0.2, -0.15) is 0 Å². The maximum Gasteiger partial charge on any atom is 0.156 e. The molecule has 4 aromatic rings. The Morgan fingerprint density at radius 2 is 1.53 bits per heavy atom. The molecule has 0 saturated heterocycles. The topological polar surface area (TPSA) is 63.3 Å². The van der Waals surface area contributed by atoms with Crippen molar-refractivity contribution in [3.05, 3.63) is 66.0 Å². The number of hydrogen-bond donors (Lipinski definition) is 1. The van der Waals surface area contributed by atoms with Gasteiger partial charge in [-0.1, -0.05) is 26.0 Å². The number of methoxy groups -OCH3 is 2. The van der Waals surface area contributed by atoms with E-state index >= 15 is 0 Å². The number of fused-ring (bicyclic) bond motifs is 1. The lowest BCUT2D eigenvalue weighted by Crippen LogP contribution is -2.24. The second-order valence-electron chi connectivity index (χ2n) is 8.53. The molecule has 0 saturated carbocycles. The Morgan fingerprint density at radius 1 is 0.853 bits per heavy atom. The summed E-state index contributed by atoms with van der Waals surface area (Å²) in [6.07, 6.45) is 5.78. The molecule has 0 atom stereocenters. The highest BCUT2D eigenvalue weighted by Gasteiger charge is 2.10. The highest BCUT2D eigenvalue weighted by atomic mass is 16.5. The van der Waals surface area contributed by atoms with Crippen LogP contribution in [0.4, 0.5) is 5.69 Å². The average molecular weight is 459 g/mol. The fraction of sp³-hybridized carbons (Fsp3) is 0.357. The minimum Gasteiger partial charge on any atom is -0.497 e. The Hall–Kier alpha value is -3.54. The van der Waals surface area contributed by atoms with E-state index in [1.807, 2.05) is 24.4 Å². The summed E-state index contributed by atoms with van der Waals surface area (Å²) in [6, 6.07) is 16.8. The summed E-state index contributed by atoms with van der Waals surface area (Å²) in [7, 11) is 3.34. The number of aryl methyl sites for hydroxylation is 2. The van der Waals surface area contributed by atoms with Gasteiger partial charge >= 0.3 is 0 Å². The van der Waals surface area contributed by atoms with E-state index in [1.165, 1.54) is 5.69 Å². The van der Waals surface area contributed by atoms with Crippen LogP contribution in [0.2, 0.25) is 0 Å². The van der Waals surface area contributed by atoms with E-state index in [9.17, 15) is 0 Å². The van der Waals surface area contributed by atoms with Crippen molar-refractivity contribution in [1.29, 1.82) is 0 Å². The molecule has 0 amide bonds. The fourth-order valence-corrected chi connectivity index (χ4v) is 4.26. The van der Waals surface area contributed by atoms with Crippen molar-refractivity contribution in [3.63, 3.8) is 0 Å². The summed E-state index contributed by atoms with van der Waals surface area (Å²) in [5.74, 6) is 1.59. The van der Waals surface area contributed by atoms with Gasteiger partial charge in [-0.3, -0.25) is 0 Å². The smallest absolute Gasteiger partial charge is 0.156 e. The molecule has 2 aromatic carbocycles. The molecule has 0 aliphatic heterocycles. The number of ether oxygens (including phenoxy) is 2. The molecule has 6 heteroatoms. The summed E-state index contributed by atoms with van der Waals surface area (Å²) < 4.78 is 10.8. The minimum absolute atomic E-state index is 0.791. The van der Waals surface area contributed by atoms with Gasteiger partial charge in [0.05, 0.1) is 26.1 Å². The molecule has 0 bridgehead atoms. The zero-order chi connectivity index (χ0) is 23.9. The quantitative estimate of drug-likeness (QED) is 0.296. The van der Waals surface area contributed by atoms with E-state index in [4.69, 9.17) is 14.5 Å². The van der Waals surface area contributed by atoms with Gasteiger partial charge < -0.3 is 19.4 Å². The number of benzene rings is 2. The van der Waals surface area contributed by atoms with Gasteiger partial charge in [0.2, 0.25) is 0 Å². The van der Waals surface area contributed by atoms with E-state index < -0.39 is 0 Å². The van der Waals surface area contributed by atoms with Crippen LogP contribution in [0.1, 0.15) is 37.9 Å². The van der Waals surface area contributed by atoms with Crippen LogP contribution in [0.3, 0.4) is 0 Å². The van der Waals surface area contributed by atoms with E-state index in [0.29, 0.717) is 0 Å². The number of hydrogen-bond acceptors (Lipinski definition) is 5. The average Bonchev–Trinajstić information content (AvgIpc) is 3.30. The van der Waals surface area contributed by atoms with Crippen molar-refractivity contribution in [3.8, 4) is 22.8 Å². The van der Waals surface area contributed by atoms with Crippen LogP contribution in [0, 0.1) is 0 Å².